The summed E-state index contributed by atoms with van der Waals surface area (Å²) in [4.78, 5) is 32.1. The SMILES string of the molecule is Cc1cc(C(=O)CO/N=C/c2cccc([N+](=O)[O-])c2)c(C)n1-c1nccs1. The molecule has 0 fully saturated rings. The van der Waals surface area contributed by atoms with Crippen LogP contribution in [0.4, 0.5) is 5.69 Å². The molecule has 138 valence electrons. The van der Waals surface area contributed by atoms with Crippen LogP contribution in [-0.4, -0.2) is 33.1 Å². The van der Waals surface area contributed by atoms with Gasteiger partial charge in [0.05, 0.1) is 11.1 Å². The molecule has 0 unspecified atom stereocenters. The molecule has 0 saturated carbocycles. The number of hydrogen-bond donors (Lipinski definition) is 0. The summed E-state index contributed by atoms with van der Waals surface area (Å²) in [5.41, 5.74) is 2.72. The lowest BCUT2D eigenvalue weighted by molar-refractivity contribution is -0.384. The lowest BCUT2D eigenvalue weighted by Gasteiger charge is -2.05. The summed E-state index contributed by atoms with van der Waals surface area (Å²) in [6.45, 7) is 3.54. The van der Waals surface area contributed by atoms with Crippen molar-refractivity contribution in [2.45, 2.75) is 13.8 Å². The first-order chi connectivity index (χ1) is 13.0. The summed E-state index contributed by atoms with van der Waals surface area (Å²) in [6.07, 6.45) is 3.05. The van der Waals surface area contributed by atoms with E-state index in [4.69, 9.17) is 4.84 Å². The van der Waals surface area contributed by atoms with Crippen LogP contribution in [0.1, 0.15) is 27.3 Å². The summed E-state index contributed by atoms with van der Waals surface area (Å²) >= 11 is 1.49. The van der Waals surface area contributed by atoms with Crippen molar-refractivity contribution in [3.8, 4) is 5.13 Å². The molecule has 0 aliphatic heterocycles. The number of ketones is 1. The van der Waals surface area contributed by atoms with Gasteiger partial charge >= 0.3 is 0 Å². The molecule has 0 saturated heterocycles. The van der Waals surface area contributed by atoms with E-state index in [1.54, 1.807) is 24.4 Å². The van der Waals surface area contributed by atoms with Gasteiger partial charge in [0.15, 0.2) is 11.7 Å². The molecule has 8 nitrogen and oxygen atoms in total. The lowest BCUT2D eigenvalue weighted by Crippen LogP contribution is -2.08. The second kappa shape index (κ2) is 7.92. The molecule has 0 spiro atoms. The largest absolute Gasteiger partial charge is 0.387 e. The lowest BCUT2D eigenvalue weighted by atomic mass is 10.2. The number of aromatic nitrogens is 2. The van der Waals surface area contributed by atoms with Gasteiger partial charge in [0.2, 0.25) is 5.78 Å². The summed E-state index contributed by atoms with van der Waals surface area (Å²) in [7, 11) is 0. The van der Waals surface area contributed by atoms with Crippen LogP contribution in [0, 0.1) is 24.0 Å². The van der Waals surface area contributed by atoms with E-state index in [1.165, 1.54) is 29.7 Å². The Morgan fingerprint density at radius 2 is 2.22 bits per heavy atom. The Balaban J connectivity index is 1.66. The number of carbonyl (C=O) groups is 1. The standard InChI is InChI=1S/C18H16N4O4S/c1-12-8-16(13(2)21(12)18-19-6-7-27-18)17(23)11-26-20-10-14-4-3-5-15(9-14)22(24)25/h3-10H,11H2,1-2H3/b20-10+. The third-order valence-corrected chi connectivity index (χ3v) is 4.65. The zero-order chi connectivity index (χ0) is 19.4. The van der Waals surface area contributed by atoms with Crippen molar-refractivity contribution in [2.75, 3.05) is 6.61 Å². The number of thiazole rings is 1. The van der Waals surface area contributed by atoms with Gasteiger partial charge in [-0.25, -0.2) is 4.98 Å². The van der Waals surface area contributed by atoms with Gasteiger partial charge in [-0.1, -0.05) is 17.3 Å². The monoisotopic (exact) mass is 384 g/mol. The van der Waals surface area contributed by atoms with E-state index in [-0.39, 0.29) is 18.1 Å². The fourth-order valence-corrected chi connectivity index (χ4v) is 3.41. The Hall–Kier alpha value is -3.33. The minimum Gasteiger partial charge on any atom is -0.387 e. The number of hydrogen-bond acceptors (Lipinski definition) is 7. The summed E-state index contributed by atoms with van der Waals surface area (Å²) in [5, 5.41) is 17.2. The molecule has 2 heterocycles. The highest BCUT2D eigenvalue weighted by Crippen LogP contribution is 2.22. The number of benzene rings is 1. The Kier molecular flexibility index (Phi) is 5.41. The number of nitro benzene ring substituents is 1. The van der Waals surface area contributed by atoms with E-state index in [9.17, 15) is 14.9 Å². The van der Waals surface area contributed by atoms with Gasteiger partial charge in [-0.3, -0.25) is 19.5 Å². The van der Waals surface area contributed by atoms with Crippen molar-refractivity contribution in [1.29, 1.82) is 0 Å². The van der Waals surface area contributed by atoms with Gasteiger partial charge < -0.3 is 4.84 Å². The molecule has 27 heavy (non-hydrogen) atoms. The maximum absolute atomic E-state index is 12.4. The van der Waals surface area contributed by atoms with Crippen LogP contribution in [-0.2, 0) is 4.84 Å². The number of nitro groups is 1. The molecule has 0 amide bonds. The fourth-order valence-electron chi connectivity index (χ4n) is 2.66. The molecule has 0 N–H and O–H groups in total. The van der Waals surface area contributed by atoms with Gasteiger partial charge in [-0.2, -0.15) is 0 Å². The van der Waals surface area contributed by atoms with Crippen LogP contribution in [0.3, 0.4) is 0 Å². The number of Topliss-reactive ketones (excluding diaryl/α,β-unsaturated/α-hetero) is 1. The van der Waals surface area contributed by atoms with Gasteiger partial charge in [-0.05, 0) is 19.9 Å². The number of nitrogens with zero attached hydrogens (tertiary/aromatic N) is 4. The van der Waals surface area contributed by atoms with Crippen molar-refractivity contribution in [3.05, 3.63) is 74.5 Å². The molecule has 9 heteroatoms. The predicted octanol–water partition coefficient (Wildman–Crippen LogP) is 3.69. The number of carbonyl (C=O) groups excluding carboxylic acids is 1. The third-order valence-electron chi connectivity index (χ3n) is 3.90. The first-order valence-electron chi connectivity index (χ1n) is 7.99. The quantitative estimate of drug-likeness (QED) is 0.268. The number of oxime groups is 1. The molecule has 0 aliphatic carbocycles. The minimum absolute atomic E-state index is 0.0374. The van der Waals surface area contributed by atoms with Crippen LogP contribution in [0.25, 0.3) is 5.13 Å². The van der Waals surface area contributed by atoms with Gasteiger partial charge in [0.25, 0.3) is 5.69 Å². The maximum atomic E-state index is 12.4. The van der Waals surface area contributed by atoms with Crippen LogP contribution in [0.2, 0.25) is 0 Å². The van der Waals surface area contributed by atoms with E-state index in [0.717, 1.165) is 16.5 Å². The molecule has 0 bridgehead atoms. The van der Waals surface area contributed by atoms with Gasteiger partial charge in [0.1, 0.15) is 0 Å². The minimum atomic E-state index is -0.486. The molecule has 0 aliphatic rings. The van der Waals surface area contributed by atoms with Gasteiger partial charge in [-0.15, -0.1) is 11.3 Å². The highest BCUT2D eigenvalue weighted by molar-refractivity contribution is 7.12. The van der Waals surface area contributed by atoms with Gasteiger partial charge in [0, 0.05) is 46.2 Å². The molecule has 2 aromatic heterocycles. The molecule has 3 aromatic rings. The van der Waals surface area contributed by atoms with Crippen LogP contribution >= 0.6 is 11.3 Å². The first-order valence-corrected chi connectivity index (χ1v) is 8.87. The molecular formula is C18H16N4O4S. The molecule has 0 radical (unpaired) electrons. The summed E-state index contributed by atoms with van der Waals surface area (Å²) in [6, 6.07) is 7.77. The molecule has 1 aromatic carbocycles. The van der Waals surface area contributed by atoms with Crippen LogP contribution in [0.5, 0.6) is 0 Å². The Bertz CT molecular complexity index is 1010. The second-order valence-electron chi connectivity index (χ2n) is 5.72. The highest BCUT2D eigenvalue weighted by Gasteiger charge is 2.18. The first kappa shape index (κ1) is 18.5. The smallest absolute Gasteiger partial charge is 0.270 e. The van der Waals surface area contributed by atoms with Crippen molar-refractivity contribution in [3.63, 3.8) is 0 Å². The summed E-state index contributed by atoms with van der Waals surface area (Å²) < 4.78 is 1.92. The molecule has 3 rings (SSSR count). The predicted molar refractivity (Wildman–Crippen MR) is 102 cm³/mol. The van der Waals surface area contributed by atoms with Crippen molar-refractivity contribution < 1.29 is 14.6 Å². The van der Waals surface area contributed by atoms with E-state index < -0.39 is 4.92 Å². The number of non-ortho nitro benzene ring substituents is 1. The average Bonchev–Trinajstić information content (AvgIpc) is 3.26. The van der Waals surface area contributed by atoms with E-state index >= 15 is 0 Å². The highest BCUT2D eigenvalue weighted by atomic mass is 32.1. The van der Waals surface area contributed by atoms with E-state index in [2.05, 4.69) is 10.1 Å². The van der Waals surface area contributed by atoms with Crippen LogP contribution < -0.4 is 0 Å². The fraction of sp³-hybridized carbons (Fsp3) is 0.167. The Labute approximate surface area is 158 Å². The third kappa shape index (κ3) is 4.09. The zero-order valence-corrected chi connectivity index (χ0v) is 15.5. The maximum Gasteiger partial charge on any atom is 0.270 e. The average molecular weight is 384 g/mol. The van der Waals surface area contributed by atoms with Crippen molar-refractivity contribution in [1.82, 2.24) is 9.55 Å². The number of aryl methyl sites for hydroxylation is 1. The number of rotatable bonds is 7. The van der Waals surface area contributed by atoms with Crippen molar-refractivity contribution >= 4 is 29.0 Å². The normalized spacial score (nSPS) is 11.0. The topological polar surface area (TPSA) is 99.6 Å². The zero-order valence-electron chi connectivity index (χ0n) is 14.7. The molecule has 0 atom stereocenters. The van der Waals surface area contributed by atoms with Crippen molar-refractivity contribution in [2.24, 2.45) is 5.16 Å². The Morgan fingerprint density at radius 3 is 2.93 bits per heavy atom. The summed E-state index contributed by atoms with van der Waals surface area (Å²) in [5.74, 6) is -0.206. The van der Waals surface area contributed by atoms with E-state index in [0.29, 0.717) is 11.1 Å². The second-order valence-corrected chi connectivity index (χ2v) is 6.59. The van der Waals surface area contributed by atoms with E-state index in [1.807, 2.05) is 23.8 Å². The van der Waals surface area contributed by atoms with Crippen LogP contribution in [0.15, 0.2) is 47.1 Å². The Morgan fingerprint density at radius 1 is 1.41 bits per heavy atom. The molecular weight excluding hydrogens is 368 g/mol.